The molecule has 0 bridgehead atoms. The number of alkyl halides is 3. The number of hydrogen-bond acceptors (Lipinski definition) is 2. The molecule has 0 atom stereocenters. The van der Waals surface area contributed by atoms with Gasteiger partial charge in [0.25, 0.3) is 0 Å². The molecule has 0 aliphatic carbocycles. The summed E-state index contributed by atoms with van der Waals surface area (Å²) in [6.07, 6.45) is -1.22. The molecule has 0 aromatic carbocycles. The summed E-state index contributed by atoms with van der Waals surface area (Å²) in [5.41, 5.74) is -0.687. The van der Waals surface area contributed by atoms with Crippen molar-refractivity contribution in [2.75, 3.05) is 18.0 Å². The predicted octanol–water partition coefficient (Wildman–Crippen LogP) is 3.97. The van der Waals surface area contributed by atoms with Gasteiger partial charge in [0.1, 0.15) is 5.82 Å². The Morgan fingerprint density at radius 1 is 1.21 bits per heavy atom. The van der Waals surface area contributed by atoms with Crippen LogP contribution >= 0.6 is 0 Å². The van der Waals surface area contributed by atoms with Crippen molar-refractivity contribution < 1.29 is 13.2 Å². The normalized spacial score (nSPS) is 18.1. The maximum atomic E-state index is 12.4. The van der Waals surface area contributed by atoms with Gasteiger partial charge >= 0.3 is 6.18 Å². The van der Waals surface area contributed by atoms with Crippen LogP contribution in [0, 0.1) is 11.8 Å². The Morgan fingerprint density at radius 2 is 1.84 bits per heavy atom. The first-order valence-electron chi connectivity index (χ1n) is 6.66. The molecule has 0 spiro atoms. The fraction of sp³-hybridized carbons (Fsp3) is 0.643. The van der Waals surface area contributed by atoms with E-state index in [0.717, 1.165) is 38.2 Å². The van der Waals surface area contributed by atoms with Crippen LogP contribution in [0.1, 0.15) is 32.3 Å². The third-order valence-corrected chi connectivity index (χ3v) is 3.88. The second-order valence-electron chi connectivity index (χ2n) is 5.47. The summed E-state index contributed by atoms with van der Waals surface area (Å²) in [4.78, 5) is 6.01. The fourth-order valence-corrected chi connectivity index (χ4v) is 2.54. The van der Waals surface area contributed by atoms with Crippen molar-refractivity contribution in [3.05, 3.63) is 23.9 Å². The predicted molar refractivity (Wildman–Crippen MR) is 69.0 cm³/mol. The van der Waals surface area contributed by atoms with Crippen molar-refractivity contribution in [1.82, 2.24) is 4.98 Å². The number of nitrogens with zero attached hydrogens (tertiary/aromatic N) is 2. The molecule has 1 aromatic rings. The molecule has 5 heteroatoms. The smallest absolute Gasteiger partial charge is 0.357 e. The van der Waals surface area contributed by atoms with E-state index in [-0.39, 0.29) is 0 Å². The molecular formula is C14H19F3N2. The van der Waals surface area contributed by atoms with Crippen molar-refractivity contribution in [2.24, 2.45) is 11.8 Å². The molecule has 0 radical (unpaired) electrons. The van der Waals surface area contributed by atoms with Gasteiger partial charge in [0, 0.05) is 19.3 Å². The van der Waals surface area contributed by atoms with Gasteiger partial charge in [-0.3, -0.25) is 0 Å². The first-order valence-corrected chi connectivity index (χ1v) is 6.66. The van der Waals surface area contributed by atoms with Crippen LogP contribution in [0.15, 0.2) is 18.3 Å². The maximum Gasteiger partial charge on any atom is 0.417 e. The summed E-state index contributed by atoms with van der Waals surface area (Å²) >= 11 is 0. The van der Waals surface area contributed by atoms with Crippen LogP contribution in [0.3, 0.4) is 0 Å². The number of piperidine rings is 1. The first kappa shape index (κ1) is 14.2. The van der Waals surface area contributed by atoms with Crippen LogP contribution in [0.5, 0.6) is 0 Å². The molecule has 0 saturated carbocycles. The van der Waals surface area contributed by atoms with E-state index in [9.17, 15) is 13.2 Å². The number of halogens is 3. The standard InChI is InChI=1S/C14H19F3N2/c1-10(2)11-5-7-19(8-6-11)13-4-3-12(9-18-13)14(15,16)17/h3-4,9-11H,5-8H2,1-2H3. The molecule has 0 N–H and O–H groups in total. The van der Waals surface area contributed by atoms with Gasteiger partial charge in [0.15, 0.2) is 0 Å². The van der Waals surface area contributed by atoms with Gasteiger partial charge in [-0.25, -0.2) is 4.98 Å². The Morgan fingerprint density at radius 3 is 2.26 bits per heavy atom. The monoisotopic (exact) mass is 272 g/mol. The van der Waals surface area contributed by atoms with E-state index in [0.29, 0.717) is 17.7 Å². The summed E-state index contributed by atoms with van der Waals surface area (Å²) < 4.78 is 37.3. The molecule has 2 rings (SSSR count). The summed E-state index contributed by atoms with van der Waals surface area (Å²) in [7, 11) is 0. The minimum Gasteiger partial charge on any atom is -0.357 e. The lowest BCUT2D eigenvalue weighted by molar-refractivity contribution is -0.137. The fourth-order valence-electron chi connectivity index (χ4n) is 2.54. The Labute approximate surface area is 111 Å². The van der Waals surface area contributed by atoms with E-state index < -0.39 is 11.7 Å². The maximum absolute atomic E-state index is 12.4. The Hall–Kier alpha value is -1.26. The average Bonchev–Trinajstić information content (AvgIpc) is 2.38. The highest BCUT2D eigenvalue weighted by Gasteiger charge is 2.31. The number of aromatic nitrogens is 1. The third kappa shape index (κ3) is 3.39. The van der Waals surface area contributed by atoms with Crippen LogP contribution in [0.25, 0.3) is 0 Å². The molecule has 1 fully saturated rings. The van der Waals surface area contributed by atoms with Crippen LogP contribution in [-0.4, -0.2) is 18.1 Å². The SMILES string of the molecule is CC(C)C1CCN(c2ccc(C(F)(F)F)cn2)CC1. The number of pyridine rings is 1. The van der Waals surface area contributed by atoms with Gasteiger partial charge < -0.3 is 4.90 Å². The van der Waals surface area contributed by atoms with Gasteiger partial charge in [0.2, 0.25) is 0 Å². The summed E-state index contributed by atoms with van der Waals surface area (Å²) in [5.74, 6) is 2.03. The second kappa shape index (κ2) is 5.39. The molecule has 1 saturated heterocycles. The lowest BCUT2D eigenvalue weighted by Gasteiger charge is -2.34. The highest BCUT2D eigenvalue weighted by Crippen LogP contribution is 2.31. The van der Waals surface area contributed by atoms with Gasteiger partial charge in [-0.05, 0) is 36.8 Å². The van der Waals surface area contributed by atoms with E-state index in [1.54, 1.807) is 0 Å². The zero-order chi connectivity index (χ0) is 14.0. The lowest BCUT2D eigenvalue weighted by atomic mass is 9.87. The van der Waals surface area contributed by atoms with Crippen LogP contribution < -0.4 is 4.90 Å². The van der Waals surface area contributed by atoms with E-state index in [1.807, 2.05) is 0 Å². The topological polar surface area (TPSA) is 16.1 Å². The third-order valence-electron chi connectivity index (χ3n) is 3.88. The van der Waals surface area contributed by atoms with E-state index in [4.69, 9.17) is 0 Å². The van der Waals surface area contributed by atoms with Crippen molar-refractivity contribution in [3.63, 3.8) is 0 Å². The quantitative estimate of drug-likeness (QED) is 0.809. The zero-order valence-corrected chi connectivity index (χ0v) is 11.2. The molecule has 0 unspecified atom stereocenters. The highest BCUT2D eigenvalue weighted by molar-refractivity contribution is 5.40. The molecule has 106 valence electrons. The van der Waals surface area contributed by atoms with Crippen molar-refractivity contribution in [3.8, 4) is 0 Å². The van der Waals surface area contributed by atoms with Crippen molar-refractivity contribution in [1.29, 1.82) is 0 Å². The highest BCUT2D eigenvalue weighted by atomic mass is 19.4. The Kier molecular flexibility index (Phi) is 4.02. The van der Waals surface area contributed by atoms with Crippen LogP contribution in [0.4, 0.5) is 19.0 Å². The summed E-state index contributed by atoms with van der Waals surface area (Å²) in [6.45, 7) is 6.19. The van der Waals surface area contributed by atoms with E-state index in [1.165, 1.54) is 6.07 Å². The van der Waals surface area contributed by atoms with E-state index in [2.05, 4.69) is 23.7 Å². The molecule has 2 nitrogen and oxygen atoms in total. The van der Waals surface area contributed by atoms with Crippen molar-refractivity contribution in [2.45, 2.75) is 32.9 Å². The first-order chi connectivity index (χ1) is 8.88. The van der Waals surface area contributed by atoms with Crippen LogP contribution in [0.2, 0.25) is 0 Å². The molecule has 19 heavy (non-hydrogen) atoms. The summed E-state index contributed by atoms with van der Waals surface area (Å²) in [6, 6.07) is 2.58. The molecule has 2 heterocycles. The summed E-state index contributed by atoms with van der Waals surface area (Å²) in [5, 5.41) is 0. The molecule has 1 aliphatic rings. The number of hydrogen-bond donors (Lipinski definition) is 0. The van der Waals surface area contributed by atoms with E-state index >= 15 is 0 Å². The average molecular weight is 272 g/mol. The van der Waals surface area contributed by atoms with Gasteiger partial charge in [-0.2, -0.15) is 13.2 Å². The zero-order valence-electron chi connectivity index (χ0n) is 11.2. The Bertz CT molecular complexity index is 404. The van der Waals surface area contributed by atoms with Crippen molar-refractivity contribution >= 4 is 5.82 Å². The van der Waals surface area contributed by atoms with Gasteiger partial charge in [-0.1, -0.05) is 13.8 Å². The molecular weight excluding hydrogens is 253 g/mol. The molecule has 1 aromatic heterocycles. The lowest BCUT2D eigenvalue weighted by Crippen LogP contribution is -2.35. The largest absolute Gasteiger partial charge is 0.417 e. The minimum absolute atomic E-state index is 0.648. The molecule has 1 aliphatic heterocycles. The Balaban J connectivity index is 2.00. The van der Waals surface area contributed by atoms with Crippen LogP contribution in [-0.2, 0) is 6.18 Å². The van der Waals surface area contributed by atoms with Gasteiger partial charge in [-0.15, -0.1) is 0 Å². The minimum atomic E-state index is -4.31. The number of rotatable bonds is 2. The molecule has 0 amide bonds. The second-order valence-corrected chi connectivity index (χ2v) is 5.47. The number of anilines is 1. The van der Waals surface area contributed by atoms with Gasteiger partial charge in [0.05, 0.1) is 5.56 Å².